The number of H-pyrrole nitrogens is 1. The number of nitrogens with one attached hydrogen (secondary N) is 1. The monoisotopic (exact) mass is 215 g/mol. The minimum Gasteiger partial charge on any atom is -0.480 e. The first-order valence-corrected chi connectivity index (χ1v) is 4.63. The maximum absolute atomic E-state index is 11.0. The van der Waals surface area contributed by atoms with E-state index in [0.717, 1.165) is 11.8 Å². The molecule has 1 aromatic heterocycles. The number of carboxylic acid groups (broad SMARTS) is 1. The molecule has 0 aliphatic carbocycles. The molecule has 1 aromatic rings. The zero-order valence-electron chi connectivity index (χ0n) is 7.35. The second-order valence-corrected chi connectivity index (χ2v) is 3.88. The Morgan fingerprint density at radius 1 is 1.79 bits per heavy atom. The van der Waals surface area contributed by atoms with Crippen LogP contribution in [-0.4, -0.2) is 26.3 Å². The fourth-order valence-corrected chi connectivity index (χ4v) is 1.47. The highest BCUT2D eigenvalue weighted by molar-refractivity contribution is 8.00. The number of thioether (sulfide) groups is 1. The summed E-state index contributed by atoms with van der Waals surface area (Å²) in [4.78, 5) is 27.6. The van der Waals surface area contributed by atoms with Crippen molar-refractivity contribution in [3.05, 3.63) is 16.7 Å². The topological polar surface area (TPSA) is 109 Å². The third-order valence-corrected chi connectivity index (χ3v) is 2.59. The van der Waals surface area contributed by atoms with E-state index in [9.17, 15) is 9.59 Å². The van der Waals surface area contributed by atoms with Crippen molar-refractivity contribution in [3.63, 3.8) is 0 Å². The van der Waals surface area contributed by atoms with Crippen LogP contribution >= 0.6 is 11.8 Å². The lowest BCUT2D eigenvalue weighted by Crippen LogP contribution is -2.16. The van der Waals surface area contributed by atoms with Crippen LogP contribution in [0.15, 0.2) is 16.1 Å². The largest absolute Gasteiger partial charge is 0.480 e. The van der Waals surface area contributed by atoms with Gasteiger partial charge in [0.05, 0.1) is 6.33 Å². The van der Waals surface area contributed by atoms with Gasteiger partial charge in [-0.1, -0.05) is 11.8 Å². The molecule has 14 heavy (non-hydrogen) atoms. The summed E-state index contributed by atoms with van der Waals surface area (Å²) in [6.07, 6.45) is 1.19. The van der Waals surface area contributed by atoms with Crippen molar-refractivity contribution in [3.8, 4) is 0 Å². The first kappa shape index (κ1) is 10.6. The third-order valence-electron chi connectivity index (χ3n) is 1.49. The maximum Gasteiger partial charge on any atom is 0.316 e. The van der Waals surface area contributed by atoms with Gasteiger partial charge in [-0.05, 0) is 6.92 Å². The minimum atomic E-state index is -0.975. The van der Waals surface area contributed by atoms with Crippen LogP contribution in [-0.2, 0) is 4.79 Å². The molecule has 4 N–H and O–H groups in total. The summed E-state index contributed by atoms with van der Waals surface area (Å²) in [5.41, 5.74) is 4.90. The number of nitrogen functional groups attached to an aromatic ring is 1. The Kier molecular flexibility index (Phi) is 3.13. The van der Waals surface area contributed by atoms with Crippen molar-refractivity contribution in [2.24, 2.45) is 0 Å². The summed E-state index contributed by atoms with van der Waals surface area (Å²) >= 11 is 0.937. The van der Waals surface area contributed by atoms with Crippen molar-refractivity contribution in [1.29, 1.82) is 0 Å². The molecule has 1 rings (SSSR count). The SMILES string of the molecule is CC(Sc1nc[nH]c(=O)c1N)C(=O)O. The zero-order chi connectivity index (χ0) is 10.7. The van der Waals surface area contributed by atoms with Crippen LogP contribution in [0.3, 0.4) is 0 Å². The number of carbonyl (C=O) groups is 1. The molecule has 7 heteroatoms. The molecule has 0 amide bonds. The highest BCUT2D eigenvalue weighted by atomic mass is 32.2. The van der Waals surface area contributed by atoms with E-state index in [0.29, 0.717) is 0 Å². The molecule has 0 aromatic carbocycles. The molecule has 1 heterocycles. The summed E-state index contributed by atoms with van der Waals surface area (Å²) < 4.78 is 0. The number of rotatable bonds is 3. The second kappa shape index (κ2) is 4.14. The van der Waals surface area contributed by atoms with Gasteiger partial charge in [0, 0.05) is 0 Å². The Bertz CT molecular complexity index is 403. The lowest BCUT2D eigenvalue weighted by atomic mass is 10.5. The van der Waals surface area contributed by atoms with E-state index in [1.165, 1.54) is 13.3 Å². The van der Waals surface area contributed by atoms with Crippen LogP contribution in [0.25, 0.3) is 0 Å². The van der Waals surface area contributed by atoms with Crippen molar-refractivity contribution in [2.45, 2.75) is 17.2 Å². The van der Waals surface area contributed by atoms with Crippen molar-refractivity contribution in [1.82, 2.24) is 9.97 Å². The summed E-state index contributed by atoms with van der Waals surface area (Å²) in [7, 11) is 0. The molecule has 76 valence electrons. The van der Waals surface area contributed by atoms with E-state index < -0.39 is 16.8 Å². The van der Waals surface area contributed by atoms with Crippen molar-refractivity contribution in [2.75, 3.05) is 5.73 Å². The Morgan fingerprint density at radius 3 is 3.00 bits per heavy atom. The highest BCUT2D eigenvalue weighted by Crippen LogP contribution is 2.23. The number of hydrogen-bond acceptors (Lipinski definition) is 5. The Morgan fingerprint density at radius 2 is 2.43 bits per heavy atom. The number of nitrogens with zero attached hydrogens (tertiary/aromatic N) is 1. The fraction of sp³-hybridized carbons (Fsp3) is 0.286. The molecule has 0 aliphatic rings. The number of aromatic nitrogens is 2. The Balaban J connectivity index is 2.92. The second-order valence-electron chi connectivity index (χ2n) is 2.55. The van der Waals surface area contributed by atoms with E-state index in [2.05, 4.69) is 9.97 Å². The summed E-state index contributed by atoms with van der Waals surface area (Å²) in [6, 6.07) is 0. The Hall–Kier alpha value is -1.50. The van der Waals surface area contributed by atoms with Crippen LogP contribution in [0, 0.1) is 0 Å². The van der Waals surface area contributed by atoms with Crippen molar-refractivity contribution < 1.29 is 9.90 Å². The molecule has 6 nitrogen and oxygen atoms in total. The molecule has 1 atom stereocenters. The molecule has 0 aliphatic heterocycles. The van der Waals surface area contributed by atoms with Crippen LogP contribution in [0.5, 0.6) is 0 Å². The molecule has 0 bridgehead atoms. The quantitative estimate of drug-likeness (QED) is 0.480. The smallest absolute Gasteiger partial charge is 0.316 e. The number of aromatic amines is 1. The molecule has 0 fully saturated rings. The van der Waals surface area contributed by atoms with Crippen LogP contribution in [0.4, 0.5) is 5.69 Å². The van der Waals surface area contributed by atoms with Gasteiger partial charge < -0.3 is 15.8 Å². The van der Waals surface area contributed by atoms with Gasteiger partial charge in [0.15, 0.2) is 0 Å². The van der Waals surface area contributed by atoms with Gasteiger partial charge in [0.1, 0.15) is 16.0 Å². The third kappa shape index (κ3) is 2.25. The minimum absolute atomic E-state index is 0.0504. The number of carboxylic acids is 1. The highest BCUT2D eigenvalue weighted by Gasteiger charge is 2.15. The van der Waals surface area contributed by atoms with Gasteiger partial charge in [0.25, 0.3) is 5.56 Å². The number of aliphatic carboxylic acids is 1. The lowest BCUT2D eigenvalue weighted by molar-refractivity contribution is -0.136. The first-order valence-electron chi connectivity index (χ1n) is 3.75. The molecular weight excluding hydrogens is 206 g/mol. The van der Waals surface area contributed by atoms with Gasteiger partial charge in [-0.15, -0.1) is 0 Å². The van der Waals surface area contributed by atoms with Crippen LogP contribution in [0.1, 0.15) is 6.92 Å². The van der Waals surface area contributed by atoms with Crippen molar-refractivity contribution >= 4 is 23.4 Å². The summed E-state index contributed by atoms with van der Waals surface area (Å²) in [5.74, 6) is -0.975. The van der Waals surface area contributed by atoms with Gasteiger partial charge >= 0.3 is 5.97 Å². The Labute approximate surface area is 83.5 Å². The van der Waals surface area contributed by atoms with Crippen LogP contribution < -0.4 is 11.3 Å². The molecule has 1 unspecified atom stereocenters. The van der Waals surface area contributed by atoms with E-state index in [4.69, 9.17) is 10.8 Å². The molecule has 0 saturated heterocycles. The molecule has 0 spiro atoms. The predicted octanol–water partition coefficient (Wildman–Crippen LogP) is -0.0827. The molecule has 0 radical (unpaired) electrons. The van der Waals surface area contributed by atoms with Gasteiger partial charge in [-0.2, -0.15) is 0 Å². The fourth-order valence-electron chi connectivity index (χ4n) is 0.706. The number of nitrogens with two attached hydrogens (primary N) is 1. The number of hydrogen-bond donors (Lipinski definition) is 3. The van der Waals surface area contributed by atoms with Gasteiger partial charge in [0.2, 0.25) is 0 Å². The van der Waals surface area contributed by atoms with E-state index in [1.54, 1.807) is 0 Å². The van der Waals surface area contributed by atoms with E-state index in [-0.39, 0.29) is 10.7 Å². The molecule has 0 saturated carbocycles. The standard InChI is InChI=1S/C7H9N3O3S/c1-3(7(12)13)14-6-4(8)5(11)9-2-10-6/h2-3H,8H2,1H3,(H,12,13)(H,9,10,11). The van der Waals surface area contributed by atoms with Gasteiger partial charge in [-0.3, -0.25) is 9.59 Å². The zero-order valence-corrected chi connectivity index (χ0v) is 8.17. The molecular formula is C7H9N3O3S. The van der Waals surface area contributed by atoms with Gasteiger partial charge in [-0.25, -0.2) is 4.98 Å². The first-order chi connectivity index (χ1) is 6.52. The normalized spacial score (nSPS) is 12.4. The maximum atomic E-state index is 11.0. The summed E-state index contributed by atoms with van der Waals surface area (Å²) in [5, 5.41) is 8.18. The van der Waals surface area contributed by atoms with E-state index >= 15 is 0 Å². The average Bonchev–Trinajstić information content (AvgIpc) is 2.12. The summed E-state index contributed by atoms with van der Waals surface area (Å²) in [6.45, 7) is 1.50. The number of anilines is 1. The van der Waals surface area contributed by atoms with Crippen LogP contribution in [0.2, 0.25) is 0 Å². The van der Waals surface area contributed by atoms with E-state index in [1.807, 2.05) is 0 Å². The average molecular weight is 215 g/mol. The predicted molar refractivity (Wildman–Crippen MR) is 52.2 cm³/mol. The lowest BCUT2D eigenvalue weighted by Gasteiger charge is -2.05.